The lowest BCUT2D eigenvalue weighted by molar-refractivity contribution is 0.178. The fourth-order valence-electron chi connectivity index (χ4n) is 1.98. The third-order valence-corrected chi connectivity index (χ3v) is 3.66. The van der Waals surface area contributed by atoms with Crippen molar-refractivity contribution in [1.29, 1.82) is 0 Å². The lowest BCUT2D eigenvalue weighted by atomic mass is 9.99. The second kappa shape index (κ2) is 6.12. The zero-order chi connectivity index (χ0) is 13.0. The van der Waals surface area contributed by atoms with Gasteiger partial charge >= 0.3 is 0 Å². The monoisotopic (exact) mass is 261 g/mol. The van der Waals surface area contributed by atoms with Crippen molar-refractivity contribution in [2.45, 2.75) is 32.8 Å². The molecule has 0 aliphatic heterocycles. The number of rotatable bonds is 5. The molecule has 0 amide bonds. The first-order chi connectivity index (χ1) is 8.65. The van der Waals surface area contributed by atoms with E-state index < -0.39 is 6.10 Å². The number of aromatic nitrogens is 1. The van der Waals surface area contributed by atoms with Gasteiger partial charge in [-0.05, 0) is 23.5 Å². The highest BCUT2D eigenvalue weighted by Crippen LogP contribution is 2.20. The molecule has 2 nitrogen and oxygen atoms in total. The Morgan fingerprint density at radius 2 is 1.89 bits per heavy atom. The Kier molecular flexibility index (Phi) is 4.50. The summed E-state index contributed by atoms with van der Waals surface area (Å²) in [5.74, 6) is 0.663. The maximum absolute atomic E-state index is 10.1. The fraction of sp³-hybridized carbons (Fsp3) is 0.400. The highest BCUT2D eigenvalue weighted by atomic mass is 32.1. The number of hydrogen-bond donors (Lipinski definition) is 1. The number of aliphatic hydroxyl groups excluding tert-OH is 1. The average Bonchev–Trinajstić information content (AvgIpc) is 2.82. The molecular formula is C15H19NOS. The van der Waals surface area contributed by atoms with Crippen molar-refractivity contribution in [3.05, 3.63) is 52.0 Å². The predicted octanol–water partition coefficient (Wildman–Crippen LogP) is 3.62. The molecule has 0 bridgehead atoms. The molecular weight excluding hydrogens is 242 g/mol. The third kappa shape index (κ3) is 3.65. The topological polar surface area (TPSA) is 33.1 Å². The lowest BCUT2D eigenvalue weighted by Gasteiger charge is -2.11. The van der Waals surface area contributed by atoms with Crippen LogP contribution in [-0.4, -0.2) is 10.1 Å². The Morgan fingerprint density at radius 1 is 1.17 bits per heavy atom. The SMILES string of the molecule is CC(C)Cc1ccc(C(O)Cc2nccs2)cc1. The van der Waals surface area contributed by atoms with Crippen LogP contribution in [0.15, 0.2) is 35.8 Å². The Labute approximate surface area is 112 Å². The molecule has 0 aliphatic carbocycles. The molecule has 0 radical (unpaired) electrons. The summed E-state index contributed by atoms with van der Waals surface area (Å²) in [6.45, 7) is 4.43. The molecule has 2 aromatic rings. The van der Waals surface area contributed by atoms with E-state index in [1.807, 2.05) is 17.5 Å². The van der Waals surface area contributed by atoms with Gasteiger partial charge < -0.3 is 5.11 Å². The van der Waals surface area contributed by atoms with Crippen LogP contribution in [0.2, 0.25) is 0 Å². The fourth-order valence-corrected chi connectivity index (χ4v) is 2.64. The van der Waals surface area contributed by atoms with Crippen molar-refractivity contribution < 1.29 is 5.11 Å². The van der Waals surface area contributed by atoms with Gasteiger partial charge in [-0.25, -0.2) is 4.98 Å². The summed E-state index contributed by atoms with van der Waals surface area (Å²) in [6, 6.07) is 8.27. The van der Waals surface area contributed by atoms with Gasteiger partial charge in [0, 0.05) is 18.0 Å². The molecule has 96 valence electrons. The molecule has 1 N–H and O–H groups in total. The Morgan fingerprint density at radius 3 is 2.44 bits per heavy atom. The van der Waals surface area contributed by atoms with Crippen molar-refractivity contribution in [2.75, 3.05) is 0 Å². The van der Waals surface area contributed by atoms with Gasteiger partial charge in [0.05, 0.1) is 11.1 Å². The first-order valence-electron chi connectivity index (χ1n) is 6.30. The van der Waals surface area contributed by atoms with Crippen LogP contribution in [0.25, 0.3) is 0 Å². The Hall–Kier alpha value is -1.19. The van der Waals surface area contributed by atoms with Crippen LogP contribution < -0.4 is 0 Å². The van der Waals surface area contributed by atoms with Gasteiger partial charge in [0.2, 0.25) is 0 Å². The van der Waals surface area contributed by atoms with Gasteiger partial charge in [0.15, 0.2) is 0 Å². The van der Waals surface area contributed by atoms with Crippen molar-refractivity contribution in [1.82, 2.24) is 4.98 Å². The summed E-state index contributed by atoms with van der Waals surface area (Å²) in [6.07, 6.45) is 3.01. The summed E-state index contributed by atoms with van der Waals surface area (Å²) in [5.41, 5.74) is 2.30. The maximum Gasteiger partial charge on any atom is 0.0954 e. The van der Waals surface area contributed by atoms with E-state index in [9.17, 15) is 5.11 Å². The first kappa shape index (κ1) is 13.2. The molecule has 0 saturated carbocycles. The molecule has 1 aromatic heterocycles. The zero-order valence-electron chi connectivity index (χ0n) is 10.8. The van der Waals surface area contributed by atoms with Crippen LogP contribution >= 0.6 is 11.3 Å². The average molecular weight is 261 g/mol. The van der Waals surface area contributed by atoms with Gasteiger partial charge in [0.1, 0.15) is 0 Å². The van der Waals surface area contributed by atoms with Crippen LogP contribution in [0.5, 0.6) is 0 Å². The minimum absolute atomic E-state index is 0.454. The molecule has 0 saturated heterocycles. The summed E-state index contributed by atoms with van der Waals surface area (Å²) in [5, 5.41) is 13.1. The van der Waals surface area contributed by atoms with Crippen LogP contribution in [-0.2, 0) is 12.8 Å². The highest BCUT2D eigenvalue weighted by molar-refractivity contribution is 7.09. The molecule has 1 unspecified atom stereocenters. The minimum atomic E-state index is -0.454. The lowest BCUT2D eigenvalue weighted by Crippen LogP contribution is -2.02. The minimum Gasteiger partial charge on any atom is -0.388 e. The standard InChI is InChI=1S/C15H19NOS/c1-11(2)9-12-3-5-13(6-4-12)14(17)10-15-16-7-8-18-15/h3-8,11,14,17H,9-10H2,1-2H3. The Balaban J connectivity index is 2.00. The van der Waals surface area contributed by atoms with Gasteiger partial charge in [-0.1, -0.05) is 38.1 Å². The molecule has 3 heteroatoms. The van der Waals surface area contributed by atoms with Crippen LogP contribution in [0, 0.1) is 5.92 Å². The van der Waals surface area contributed by atoms with Gasteiger partial charge in [-0.3, -0.25) is 0 Å². The zero-order valence-corrected chi connectivity index (χ0v) is 11.7. The first-order valence-corrected chi connectivity index (χ1v) is 7.18. The normalized spacial score (nSPS) is 12.9. The van der Waals surface area contributed by atoms with Crippen LogP contribution in [0.3, 0.4) is 0 Å². The highest BCUT2D eigenvalue weighted by Gasteiger charge is 2.10. The quantitative estimate of drug-likeness (QED) is 0.891. The number of aliphatic hydroxyl groups is 1. The van der Waals surface area contributed by atoms with E-state index in [0.29, 0.717) is 12.3 Å². The third-order valence-electron chi connectivity index (χ3n) is 2.86. The van der Waals surface area contributed by atoms with E-state index in [1.165, 1.54) is 5.56 Å². The predicted molar refractivity (Wildman–Crippen MR) is 75.8 cm³/mol. The van der Waals surface area contributed by atoms with Gasteiger partial charge in [-0.15, -0.1) is 11.3 Å². The number of hydrogen-bond acceptors (Lipinski definition) is 3. The molecule has 0 aliphatic rings. The summed E-state index contributed by atoms with van der Waals surface area (Å²) >= 11 is 1.59. The van der Waals surface area contributed by atoms with E-state index in [4.69, 9.17) is 0 Å². The van der Waals surface area contributed by atoms with E-state index in [1.54, 1.807) is 17.5 Å². The van der Waals surface area contributed by atoms with Gasteiger partial charge in [-0.2, -0.15) is 0 Å². The number of thiazole rings is 1. The van der Waals surface area contributed by atoms with Crippen molar-refractivity contribution in [2.24, 2.45) is 5.92 Å². The van der Waals surface area contributed by atoms with E-state index in [0.717, 1.165) is 17.0 Å². The number of benzene rings is 1. The summed E-state index contributed by atoms with van der Waals surface area (Å²) < 4.78 is 0. The second-order valence-electron chi connectivity index (χ2n) is 4.99. The molecule has 0 fully saturated rings. The number of nitrogens with zero attached hydrogens (tertiary/aromatic N) is 1. The van der Waals surface area contributed by atoms with E-state index in [-0.39, 0.29) is 0 Å². The van der Waals surface area contributed by atoms with Crippen LogP contribution in [0.4, 0.5) is 0 Å². The Bertz CT molecular complexity index is 462. The molecule has 18 heavy (non-hydrogen) atoms. The van der Waals surface area contributed by atoms with E-state index >= 15 is 0 Å². The summed E-state index contributed by atoms with van der Waals surface area (Å²) in [4.78, 5) is 4.20. The van der Waals surface area contributed by atoms with Gasteiger partial charge in [0.25, 0.3) is 0 Å². The van der Waals surface area contributed by atoms with Crippen LogP contribution in [0.1, 0.15) is 36.1 Å². The molecule has 1 atom stereocenters. The van der Waals surface area contributed by atoms with Crippen molar-refractivity contribution in [3.63, 3.8) is 0 Å². The molecule has 2 rings (SSSR count). The maximum atomic E-state index is 10.1. The molecule has 0 spiro atoms. The largest absolute Gasteiger partial charge is 0.388 e. The van der Waals surface area contributed by atoms with Crippen molar-refractivity contribution in [3.8, 4) is 0 Å². The van der Waals surface area contributed by atoms with E-state index in [2.05, 4.69) is 31.0 Å². The second-order valence-corrected chi connectivity index (χ2v) is 5.96. The molecule has 1 heterocycles. The van der Waals surface area contributed by atoms with Crippen molar-refractivity contribution >= 4 is 11.3 Å². The summed E-state index contributed by atoms with van der Waals surface area (Å²) in [7, 11) is 0. The smallest absolute Gasteiger partial charge is 0.0954 e. The molecule has 1 aromatic carbocycles.